The van der Waals surface area contributed by atoms with Crippen LogP contribution in [0.15, 0.2) is 35.1 Å². The van der Waals surface area contributed by atoms with Gasteiger partial charge in [0.25, 0.3) is 0 Å². The molecule has 0 N–H and O–H groups in total. The molecular weight excluding hydrogens is 315 g/mol. The maximum Gasteiger partial charge on any atom is 0.168 e. The van der Waals surface area contributed by atoms with Gasteiger partial charge in [0.05, 0.1) is 5.54 Å². The lowest BCUT2D eigenvalue weighted by molar-refractivity contribution is 0.248. The van der Waals surface area contributed by atoms with Crippen LogP contribution >= 0.6 is 7.51 Å². The van der Waals surface area contributed by atoms with E-state index in [9.17, 15) is 0 Å². The van der Waals surface area contributed by atoms with Crippen LogP contribution in [0.2, 0.25) is 0 Å². The molecule has 136 valence electrons. The fraction of sp³-hybridized carbons (Fsp3) is 0.684. The monoisotopic (exact) mass is 350 g/mol. The van der Waals surface area contributed by atoms with Gasteiger partial charge in [0, 0.05) is 25.7 Å². The fourth-order valence-electron chi connectivity index (χ4n) is 3.75. The van der Waals surface area contributed by atoms with Crippen molar-refractivity contribution in [1.82, 2.24) is 14.0 Å². The van der Waals surface area contributed by atoms with E-state index < -0.39 is 7.51 Å². The first-order valence-electron chi connectivity index (χ1n) is 9.15. The summed E-state index contributed by atoms with van der Waals surface area (Å²) in [6.45, 7) is 14.4. The molecule has 1 fully saturated rings. The zero-order valence-corrected chi connectivity index (χ0v) is 17.4. The highest BCUT2D eigenvalue weighted by Crippen LogP contribution is 2.64. The highest BCUT2D eigenvalue weighted by atomic mass is 31.2. The molecule has 2 unspecified atom stereocenters. The molecule has 0 radical (unpaired) electrons. The Balaban J connectivity index is 2.60. The Morgan fingerprint density at radius 1 is 1.12 bits per heavy atom. The van der Waals surface area contributed by atoms with Crippen LogP contribution in [0.5, 0.6) is 0 Å². The van der Waals surface area contributed by atoms with Gasteiger partial charge >= 0.3 is 0 Å². The maximum atomic E-state index is 5.47. The third-order valence-corrected chi connectivity index (χ3v) is 9.22. The molecule has 2 atom stereocenters. The van der Waals surface area contributed by atoms with Crippen molar-refractivity contribution in [2.24, 2.45) is 4.74 Å². The summed E-state index contributed by atoms with van der Waals surface area (Å²) >= 11 is 0. The molecule has 1 aliphatic heterocycles. The van der Waals surface area contributed by atoms with Crippen molar-refractivity contribution in [3.63, 3.8) is 0 Å². The van der Waals surface area contributed by atoms with Crippen molar-refractivity contribution in [2.75, 3.05) is 33.7 Å². The molecule has 1 aromatic carbocycles. The normalized spacial score (nSPS) is 26.8. The van der Waals surface area contributed by atoms with Crippen LogP contribution in [0.25, 0.3) is 0 Å². The first-order chi connectivity index (χ1) is 11.3. The van der Waals surface area contributed by atoms with Gasteiger partial charge in [-0.2, -0.15) is 0 Å². The Labute approximate surface area is 149 Å². The van der Waals surface area contributed by atoms with Gasteiger partial charge in [0.2, 0.25) is 0 Å². The Bertz CT molecular complexity index is 575. The summed E-state index contributed by atoms with van der Waals surface area (Å²) in [6, 6.07) is 11.4. The van der Waals surface area contributed by atoms with Crippen LogP contribution in [-0.2, 0) is 0 Å². The second kappa shape index (κ2) is 7.70. The maximum absolute atomic E-state index is 5.47. The van der Waals surface area contributed by atoms with Crippen molar-refractivity contribution in [3.8, 4) is 0 Å². The van der Waals surface area contributed by atoms with Crippen LogP contribution in [-0.4, -0.2) is 53.3 Å². The molecule has 0 amide bonds. The van der Waals surface area contributed by atoms with E-state index in [1.807, 2.05) is 0 Å². The molecule has 1 saturated heterocycles. The quantitative estimate of drug-likeness (QED) is 0.707. The lowest BCUT2D eigenvalue weighted by Crippen LogP contribution is -2.45. The van der Waals surface area contributed by atoms with Gasteiger partial charge in [-0.3, -0.25) is 4.74 Å². The minimum atomic E-state index is -1.90. The molecular formula is C19H35N4P. The van der Waals surface area contributed by atoms with Crippen molar-refractivity contribution < 1.29 is 0 Å². The van der Waals surface area contributed by atoms with E-state index >= 15 is 0 Å². The van der Waals surface area contributed by atoms with E-state index in [-0.39, 0.29) is 5.54 Å². The average molecular weight is 350 g/mol. The summed E-state index contributed by atoms with van der Waals surface area (Å²) in [7, 11) is 2.65. The molecule has 4 nitrogen and oxygen atoms in total. The van der Waals surface area contributed by atoms with Gasteiger partial charge in [-0.15, -0.1) is 0 Å². The summed E-state index contributed by atoms with van der Waals surface area (Å²) in [4.78, 5) is 0. The number of hydrogen-bond donors (Lipinski definition) is 0. The third kappa shape index (κ3) is 3.77. The number of hydrogen-bond acceptors (Lipinski definition) is 1. The summed E-state index contributed by atoms with van der Waals surface area (Å²) in [5.41, 5.74) is 1.35. The van der Waals surface area contributed by atoms with Crippen LogP contribution in [0.4, 0.5) is 0 Å². The SMILES string of the molecule is CCN(CC)P1(=NC(C)(C)C)N(C)CCC(c2ccccc2)N1C. The van der Waals surface area contributed by atoms with Crippen LogP contribution in [0.1, 0.15) is 52.6 Å². The van der Waals surface area contributed by atoms with Gasteiger partial charge in [-0.1, -0.05) is 44.2 Å². The van der Waals surface area contributed by atoms with E-state index in [4.69, 9.17) is 4.74 Å². The second-order valence-electron chi connectivity index (χ2n) is 7.62. The third-order valence-electron chi connectivity index (χ3n) is 4.79. The molecule has 1 heterocycles. The molecule has 1 aliphatic rings. The van der Waals surface area contributed by atoms with Crippen molar-refractivity contribution in [1.29, 1.82) is 0 Å². The summed E-state index contributed by atoms with van der Waals surface area (Å²) in [5, 5.41) is 0. The Morgan fingerprint density at radius 2 is 1.71 bits per heavy atom. The van der Waals surface area contributed by atoms with Gasteiger partial charge < -0.3 is 0 Å². The predicted molar refractivity (Wildman–Crippen MR) is 106 cm³/mol. The number of benzene rings is 1. The van der Waals surface area contributed by atoms with Crippen LogP contribution in [0, 0.1) is 0 Å². The average Bonchev–Trinajstić information content (AvgIpc) is 2.53. The topological polar surface area (TPSA) is 22.1 Å². The molecule has 2 rings (SSSR count). The molecule has 0 bridgehead atoms. The predicted octanol–water partition coefficient (Wildman–Crippen LogP) is 5.08. The molecule has 5 heteroatoms. The first-order valence-corrected chi connectivity index (χ1v) is 10.7. The fourth-order valence-corrected chi connectivity index (χ4v) is 8.05. The van der Waals surface area contributed by atoms with Crippen LogP contribution in [0.3, 0.4) is 0 Å². The lowest BCUT2D eigenvalue weighted by Gasteiger charge is -2.54. The van der Waals surface area contributed by atoms with Gasteiger partial charge in [0.15, 0.2) is 7.51 Å². The second-order valence-corrected chi connectivity index (χ2v) is 10.8. The van der Waals surface area contributed by atoms with Crippen molar-refractivity contribution in [3.05, 3.63) is 35.9 Å². The molecule has 0 saturated carbocycles. The zero-order valence-electron chi connectivity index (χ0n) is 16.5. The van der Waals surface area contributed by atoms with Crippen molar-refractivity contribution in [2.45, 2.75) is 52.6 Å². The van der Waals surface area contributed by atoms with Crippen LogP contribution < -0.4 is 0 Å². The molecule has 1 aromatic rings. The molecule has 0 spiro atoms. The Kier molecular flexibility index (Phi) is 6.30. The molecule has 0 aliphatic carbocycles. The van der Waals surface area contributed by atoms with E-state index in [2.05, 4.69) is 93.1 Å². The van der Waals surface area contributed by atoms with Gasteiger partial charge in [0.1, 0.15) is 0 Å². The van der Waals surface area contributed by atoms with E-state index in [0.29, 0.717) is 6.04 Å². The number of nitrogens with zero attached hydrogens (tertiary/aromatic N) is 4. The Hall–Kier alpha value is -0.670. The lowest BCUT2D eigenvalue weighted by atomic mass is 10.0. The summed E-state index contributed by atoms with van der Waals surface area (Å²) in [5.74, 6) is 0. The highest BCUT2D eigenvalue weighted by Gasteiger charge is 2.43. The minimum Gasteiger partial charge on any atom is -0.255 e. The van der Waals surface area contributed by atoms with Gasteiger partial charge in [-0.25, -0.2) is 14.0 Å². The van der Waals surface area contributed by atoms with E-state index in [1.165, 1.54) is 5.56 Å². The smallest absolute Gasteiger partial charge is 0.168 e. The first kappa shape index (κ1) is 19.7. The van der Waals surface area contributed by atoms with Crippen molar-refractivity contribution >= 4 is 7.51 Å². The number of rotatable bonds is 4. The molecule has 0 aromatic heterocycles. The molecule has 24 heavy (non-hydrogen) atoms. The summed E-state index contributed by atoms with van der Waals surface area (Å²) in [6.07, 6.45) is 1.15. The highest BCUT2D eigenvalue weighted by molar-refractivity contribution is 7.59. The summed E-state index contributed by atoms with van der Waals surface area (Å²) < 4.78 is 13.2. The zero-order chi connectivity index (χ0) is 18.0. The van der Waals surface area contributed by atoms with E-state index in [0.717, 1.165) is 26.1 Å². The largest absolute Gasteiger partial charge is 0.255 e. The minimum absolute atomic E-state index is 0.0581. The Morgan fingerprint density at radius 3 is 2.21 bits per heavy atom. The van der Waals surface area contributed by atoms with Gasteiger partial charge in [-0.05, 0) is 46.9 Å². The standard InChI is InChI=1S/C19H35N4P/c1-8-23(9-2)24(20-19(3,4)5)21(6)16-15-18(22(24)7)17-13-11-10-12-14-17/h10-14,18H,8-9,15-16H2,1-7H3. The van der Waals surface area contributed by atoms with E-state index in [1.54, 1.807) is 0 Å².